The van der Waals surface area contributed by atoms with Crippen LogP contribution < -0.4 is 11.1 Å². The SMILES string of the molecule is CCC1OCCC1CNc1cc(N)cc(Cl)n1. The number of nitrogen functional groups attached to an aromatic ring is 1. The average Bonchev–Trinajstić information content (AvgIpc) is 2.72. The van der Waals surface area contributed by atoms with Gasteiger partial charge in [0.15, 0.2) is 0 Å². The number of rotatable bonds is 4. The van der Waals surface area contributed by atoms with Crippen molar-refractivity contribution in [1.29, 1.82) is 0 Å². The van der Waals surface area contributed by atoms with Crippen LogP contribution in [-0.4, -0.2) is 24.2 Å². The van der Waals surface area contributed by atoms with Gasteiger partial charge in [-0.2, -0.15) is 0 Å². The molecule has 0 amide bonds. The molecule has 17 heavy (non-hydrogen) atoms. The molecule has 5 heteroatoms. The molecule has 94 valence electrons. The van der Waals surface area contributed by atoms with Gasteiger partial charge < -0.3 is 15.8 Å². The summed E-state index contributed by atoms with van der Waals surface area (Å²) >= 11 is 5.85. The highest BCUT2D eigenvalue weighted by Crippen LogP contribution is 2.24. The van der Waals surface area contributed by atoms with Crippen molar-refractivity contribution in [1.82, 2.24) is 4.98 Å². The van der Waals surface area contributed by atoms with Crippen molar-refractivity contribution in [3.8, 4) is 0 Å². The summed E-state index contributed by atoms with van der Waals surface area (Å²) in [6.07, 6.45) is 2.51. The fourth-order valence-corrected chi connectivity index (χ4v) is 2.44. The van der Waals surface area contributed by atoms with E-state index in [1.54, 1.807) is 12.1 Å². The molecule has 2 rings (SSSR count). The average molecular weight is 256 g/mol. The number of nitrogens with zero attached hydrogens (tertiary/aromatic N) is 1. The first kappa shape index (κ1) is 12.5. The number of nitrogens with two attached hydrogens (primary N) is 1. The molecule has 1 aliphatic rings. The largest absolute Gasteiger partial charge is 0.399 e. The minimum Gasteiger partial charge on any atom is -0.399 e. The number of anilines is 2. The fraction of sp³-hybridized carbons (Fsp3) is 0.583. The summed E-state index contributed by atoms with van der Waals surface area (Å²) in [5.41, 5.74) is 6.33. The summed E-state index contributed by atoms with van der Waals surface area (Å²) in [4.78, 5) is 4.18. The molecule has 3 N–H and O–H groups in total. The van der Waals surface area contributed by atoms with Crippen LogP contribution in [0.3, 0.4) is 0 Å². The van der Waals surface area contributed by atoms with Gasteiger partial charge >= 0.3 is 0 Å². The van der Waals surface area contributed by atoms with E-state index in [0.29, 0.717) is 22.9 Å². The summed E-state index contributed by atoms with van der Waals surface area (Å²) in [5, 5.41) is 3.70. The van der Waals surface area contributed by atoms with Crippen LogP contribution in [0.4, 0.5) is 11.5 Å². The number of halogens is 1. The quantitative estimate of drug-likeness (QED) is 0.812. The predicted molar refractivity (Wildman–Crippen MR) is 70.3 cm³/mol. The zero-order chi connectivity index (χ0) is 12.3. The topological polar surface area (TPSA) is 60.2 Å². The van der Waals surface area contributed by atoms with E-state index in [0.717, 1.165) is 31.8 Å². The van der Waals surface area contributed by atoms with Gasteiger partial charge in [-0.15, -0.1) is 0 Å². The molecule has 1 aliphatic heterocycles. The van der Waals surface area contributed by atoms with Crippen molar-refractivity contribution >= 4 is 23.1 Å². The Hall–Kier alpha value is -1.00. The number of aromatic nitrogens is 1. The van der Waals surface area contributed by atoms with E-state index in [2.05, 4.69) is 17.2 Å². The van der Waals surface area contributed by atoms with E-state index < -0.39 is 0 Å². The lowest BCUT2D eigenvalue weighted by atomic mass is 10.00. The van der Waals surface area contributed by atoms with Crippen molar-refractivity contribution in [2.24, 2.45) is 5.92 Å². The zero-order valence-corrected chi connectivity index (χ0v) is 10.7. The van der Waals surface area contributed by atoms with Gasteiger partial charge in [0.25, 0.3) is 0 Å². The Bertz CT molecular complexity index is 366. The standard InChI is InChI=1S/C12H18ClN3O/c1-2-10-8(3-4-17-10)7-15-12-6-9(14)5-11(13)16-12/h5-6,8,10H,2-4,7H2,1H3,(H3,14,15,16). The predicted octanol–water partition coefficient (Wildman–Crippen LogP) is 2.54. The highest BCUT2D eigenvalue weighted by molar-refractivity contribution is 6.29. The molecule has 1 aromatic rings. The van der Waals surface area contributed by atoms with Gasteiger partial charge in [0.05, 0.1) is 6.10 Å². The molecule has 0 spiro atoms. The molecule has 0 saturated carbocycles. The van der Waals surface area contributed by atoms with Crippen molar-refractivity contribution < 1.29 is 4.74 Å². The van der Waals surface area contributed by atoms with Gasteiger partial charge in [0.1, 0.15) is 11.0 Å². The number of ether oxygens (including phenoxy) is 1. The van der Waals surface area contributed by atoms with E-state index in [4.69, 9.17) is 22.1 Å². The highest BCUT2D eigenvalue weighted by Gasteiger charge is 2.26. The maximum absolute atomic E-state index is 5.85. The lowest BCUT2D eigenvalue weighted by Gasteiger charge is -2.17. The van der Waals surface area contributed by atoms with Crippen molar-refractivity contribution in [3.05, 3.63) is 17.3 Å². The minimum absolute atomic E-state index is 0.360. The Morgan fingerprint density at radius 1 is 1.59 bits per heavy atom. The number of hydrogen-bond acceptors (Lipinski definition) is 4. The van der Waals surface area contributed by atoms with Crippen molar-refractivity contribution in [3.63, 3.8) is 0 Å². The molecule has 2 unspecified atom stereocenters. The van der Waals surface area contributed by atoms with Gasteiger partial charge in [-0.3, -0.25) is 0 Å². The van der Waals surface area contributed by atoms with E-state index in [-0.39, 0.29) is 0 Å². The fourth-order valence-electron chi connectivity index (χ4n) is 2.22. The molecule has 2 atom stereocenters. The van der Waals surface area contributed by atoms with Crippen LogP contribution in [0.25, 0.3) is 0 Å². The van der Waals surface area contributed by atoms with E-state index in [1.165, 1.54) is 0 Å². The smallest absolute Gasteiger partial charge is 0.133 e. The molecular weight excluding hydrogens is 238 g/mol. The maximum atomic E-state index is 5.85. The Kier molecular flexibility index (Phi) is 4.07. The van der Waals surface area contributed by atoms with Gasteiger partial charge in [0, 0.05) is 30.8 Å². The lowest BCUT2D eigenvalue weighted by molar-refractivity contribution is 0.0900. The summed E-state index contributed by atoms with van der Waals surface area (Å²) in [6, 6.07) is 3.43. The number of pyridine rings is 1. The van der Waals surface area contributed by atoms with Crippen LogP contribution in [0.1, 0.15) is 19.8 Å². The molecule has 0 bridgehead atoms. The number of nitrogens with one attached hydrogen (secondary N) is 1. The summed E-state index contributed by atoms with van der Waals surface area (Å²) in [5.74, 6) is 1.28. The molecule has 0 aliphatic carbocycles. The van der Waals surface area contributed by atoms with Gasteiger partial charge in [0.2, 0.25) is 0 Å². The van der Waals surface area contributed by atoms with Crippen LogP contribution in [0.2, 0.25) is 5.15 Å². The Morgan fingerprint density at radius 3 is 3.12 bits per heavy atom. The second-order valence-corrected chi connectivity index (χ2v) is 4.74. The van der Waals surface area contributed by atoms with Gasteiger partial charge in [-0.05, 0) is 18.9 Å². The first-order valence-electron chi connectivity index (χ1n) is 5.97. The monoisotopic (exact) mass is 255 g/mol. The van der Waals surface area contributed by atoms with Gasteiger partial charge in [-0.25, -0.2) is 4.98 Å². The van der Waals surface area contributed by atoms with E-state index >= 15 is 0 Å². The van der Waals surface area contributed by atoms with Crippen LogP contribution >= 0.6 is 11.6 Å². The highest BCUT2D eigenvalue weighted by atomic mass is 35.5. The van der Waals surface area contributed by atoms with E-state index in [1.807, 2.05) is 0 Å². The van der Waals surface area contributed by atoms with Crippen LogP contribution in [0.15, 0.2) is 12.1 Å². The summed E-state index contributed by atoms with van der Waals surface area (Å²) < 4.78 is 5.64. The minimum atomic E-state index is 0.360. The second-order valence-electron chi connectivity index (χ2n) is 4.36. The maximum Gasteiger partial charge on any atom is 0.133 e. The third kappa shape index (κ3) is 3.23. The first-order valence-corrected chi connectivity index (χ1v) is 6.35. The molecule has 4 nitrogen and oxygen atoms in total. The zero-order valence-electron chi connectivity index (χ0n) is 9.95. The Morgan fingerprint density at radius 2 is 2.41 bits per heavy atom. The van der Waals surface area contributed by atoms with Crippen LogP contribution in [-0.2, 0) is 4.74 Å². The van der Waals surface area contributed by atoms with Crippen LogP contribution in [0.5, 0.6) is 0 Å². The van der Waals surface area contributed by atoms with Crippen molar-refractivity contribution in [2.45, 2.75) is 25.9 Å². The molecule has 1 aromatic heterocycles. The van der Waals surface area contributed by atoms with Gasteiger partial charge in [-0.1, -0.05) is 18.5 Å². The molecule has 1 fully saturated rings. The van der Waals surface area contributed by atoms with Crippen molar-refractivity contribution in [2.75, 3.05) is 24.2 Å². The summed E-state index contributed by atoms with van der Waals surface area (Å²) in [6.45, 7) is 3.86. The molecule has 1 saturated heterocycles. The third-order valence-electron chi connectivity index (χ3n) is 3.11. The molecule has 0 aromatic carbocycles. The van der Waals surface area contributed by atoms with E-state index in [9.17, 15) is 0 Å². The second kappa shape index (κ2) is 5.56. The first-order chi connectivity index (χ1) is 8.19. The Labute approximate surface area is 107 Å². The lowest BCUT2D eigenvalue weighted by Crippen LogP contribution is -2.23. The normalized spacial score (nSPS) is 23.9. The summed E-state index contributed by atoms with van der Waals surface area (Å²) in [7, 11) is 0. The third-order valence-corrected chi connectivity index (χ3v) is 3.30. The number of hydrogen-bond donors (Lipinski definition) is 2. The molecule has 0 radical (unpaired) electrons. The Balaban J connectivity index is 1.93. The molecule has 2 heterocycles. The van der Waals surface area contributed by atoms with Crippen LogP contribution in [0, 0.1) is 5.92 Å². The molecular formula is C12H18ClN3O.